The minimum absolute atomic E-state index is 0.0336. The summed E-state index contributed by atoms with van der Waals surface area (Å²) >= 11 is 6.14. The van der Waals surface area contributed by atoms with Crippen LogP contribution in [0.3, 0.4) is 0 Å². The van der Waals surface area contributed by atoms with Crippen molar-refractivity contribution in [2.24, 2.45) is 0 Å². The summed E-state index contributed by atoms with van der Waals surface area (Å²) in [7, 11) is 0. The Bertz CT molecular complexity index is 1070. The van der Waals surface area contributed by atoms with Crippen LogP contribution in [0.5, 0.6) is 11.5 Å². The van der Waals surface area contributed by atoms with Crippen molar-refractivity contribution < 1.29 is 27.4 Å². The van der Waals surface area contributed by atoms with Crippen LogP contribution in [0.15, 0.2) is 36.4 Å². The third-order valence-corrected chi connectivity index (χ3v) is 4.80. The Morgan fingerprint density at radius 1 is 1.27 bits per heavy atom. The minimum atomic E-state index is -4.84. The van der Waals surface area contributed by atoms with Crippen LogP contribution in [0, 0.1) is 22.7 Å². The molecular weight excluding hydrogens is 423 g/mol. The predicted molar refractivity (Wildman–Crippen MR) is 98.9 cm³/mol. The van der Waals surface area contributed by atoms with Gasteiger partial charge < -0.3 is 14.8 Å². The van der Waals surface area contributed by atoms with Gasteiger partial charge in [-0.2, -0.15) is 10.5 Å². The molecule has 2 aromatic rings. The lowest BCUT2D eigenvalue weighted by Crippen LogP contribution is -2.55. The zero-order chi connectivity index (χ0) is 22.1. The van der Waals surface area contributed by atoms with Crippen LogP contribution in [-0.4, -0.2) is 23.9 Å². The average molecular weight is 436 g/mol. The molecule has 154 valence electrons. The van der Waals surface area contributed by atoms with Gasteiger partial charge in [0.1, 0.15) is 17.6 Å². The average Bonchev–Trinajstić information content (AvgIpc) is 3.12. The number of rotatable bonds is 4. The lowest BCUT2D eigenvalue weighted by atomic mass is 9.92. The molecule has 0 spiro atoms. The van der Waals surface area contributed by atoms with Crippen molar-refractivity contribution in [1.29, 1.82) is 10.5 Å². The normalized spacial score (nSPS) is 17.0. The zero-order valence-corrected chi connectivity index (χ0v) is 16.1. The number of fused-ring (bicyclic) bond motifs is 1. The Morgan fingerprint density at radius 3 is 2.50 bits per heavy atom. The van der Waals surface area contributed by atoms with Crippen molar-refractivity contribution in [3.8, 4) is 23.6 Å². The molecule has 2 aromatic carbocycles. The van der Waals surface area contributed by atoms with E-state index in [1.54, 1.807) is 6.07 Å². The molecule has 0 fully saturated rings. The molecule has 0 saturated heterocycles. The molecule has 0 saturated carbocycles. The molecule has 30 heavy (non-hydrogen) atoms. The molecule has 6 nitrogen and oxygen atoms in total. The van der Waals surface area contributed by atoms with E-state index in [1.165, 1.54) is 13.0 Å². The largest absolute Gasteiger partial charge is 0.573 e. The van der Waals surface area contributed by atoms with Crippen LogP contribution >= 0.6 is 11.6 Å². The summed E-state index contributed by atoms with van der Waals surface area (Å²) in [5.74, 6) is -0.814. The van der Waals surface area contributed by atoms with Gasteiger partial charge in [0.2, 0.25) is 0 Å². The summed E-state index contributed by atoms with van der Waals surface area (Å²) < 4.78 is 46.3. The van der Waals surface area contributed by atoms with Crippen molar-refractivity contribution in [1.82, 2.24) is 5.32 Å². The summed E-state index contributed by atoms with van der Waals surface area (Å²) in [6, 6.07) is 11.3. The third-order valence-electron chi connectivity index (χ3n) is 4.51. The summed E-state index contributed by atoms with van der Waals surface area (Å²) in [6.07, 6.45) is -5.40. The van der Waals surface area contributed by atoms with E-state index >= 15 is 0 Å². The van der Waals surface area contributed by atoms with Crippen LogP contribution in [0.4, 0.5) is 13.2 Å². The first-order valence-corrected chi connectivity index (χ1v) is 8.91. The quantitative estimate of drug-likeness (QED) is 0.779. The van der Waals surface area contributed by atoms with E-state index in [-0.39, 0.29) is 17.0 Å². The van der Waals surface area contributed by atoms with Crippen molar-refractivity contribution >= 4 is 17.5 Å². The number of ether oxygens (including phenoxy) is 2. The fraction of sp³-hybridized carbons (Fsp3) is 0.250. The topological polar surface area (TPSA) is 95.1 Å². The number of carbonyl (C=O) groups is 1. The number of nitriles is 2. The smallest absolute Gasteiger partial charge is 0.485 e. The van der Waals surface area contributed by atoms with E-state index < -0.39 is 29.7 Å². The van der Waals surface area contributed by atoms with Gasteiger partial charge in [-0.05, 0) is 43.3 Å². The summed E-state index contributed by atoms with van der Waals surface area (Å²) in [4.78, 5) is 12.6. The number of nitrogens with one attached hydrogen (secondary N) is 1. The molecule has 2 atom stereocenters. The molecule has 0 aliphatic carbocycles. The van der Waals surface area contributed by atoms with Crippen LogP contribution in [0.25, 0.3) is 0 Å². The van der Waals surface area contributed by atoms with Crippen molar-refractivity contribution in [2.45, 2.75) is 31.3 Å². The van der Waals surface area contributed by atoms with Gasteiger partial charge in [-0.15, -0.1) is 13.2 Å². The van der Waals surface area contributed by atoms with E-state index in [2.05, 4.69) is 10.1 Å². The van der Waals surface area contributed by atoms with Gasteiger partial charge in [0.25, 0.3) is 5.91 Å². The van der Waals surface area contributed by atoms with Crippen LogP contribution in [0.1, 0.15) is 28.4 Å². The second-order valence-corrected chi connectivity index (χ2v) is 7.12. The monoisotopic (exact) mass is 435 g/mol. The molecule has 1 aliphatic heterocycles. The number of carbonyl (C=O) groups excluding carboxylic acids is 1. The maximum absolute atomic E-state index is 12.6. The van der Waals surface area contributed by atoms with E-state index in [1.807, 2.05) is 12.1 Å². The highest BCUT2D eigenvalue weighted by Crippen LogP contribution is 2.39. The molecule has 3 rings (SSSR count). The molecule has 0 bridgehead atoms. The fourth-order valence-electron chi connectivity index (χ4n) is 3.00. The van der Waals surface area contributed by atoms with Gasteiger partial charge in [-0.1, -0.05) is 11.6 Å². The lowest BCUT2D eigenvalue weighted by molar-refractivity contribution is -0.274. The van der Waals surface area contributed by atoms with E-state index in [9.17, 15) is 23.2 Å². The second kappa shape index (κ2) is 7.77. The number of hydrogen-bond donors (Lipinski definition) is 1. The SMILES string of the molecule is C[C@@](C#N)(NC(=O)c1ccc(OC(F)(F)F)cc1)[C@@H]1Cc2cc(C#N)cc(Cl)c2O1. The van der Waals surface area contributed by atoms with Crippen molar-refractivity contribution in [3.05, 3.63) is 58.1 Å². The van der Waals surface area contributed by atoms with Gasteiger partial charge in [0.05, 0.1) is 22.7 Å². The minimum Gasteiger partial charge on any atom is -0.485 e. The zero-order valence-electron chi connectivity index (χ0n) is 15.4. The van der Waals surface area contributed by atoms with E-state index in [0.717, 1.165) is 24.3 Å². The van der Waals surface area contributed by atoms with Crippen molar-refractivity contribution in [3.63, 3.8) is 0 Å². The highest BCUT2D eigenvalue weighted by atomic mass is 35.5. The molecule has 1 heterocycles. The Kier molecular flexibility index (Phi) is 5.51. The molecule has 0 unspecified atom stereocenters. The first-order valence-electron chi connectivity index (χ1n) is 8.53. The van der Waals surface area contributed by atoms with Crippen LogP contribution in [-0.2, 0) is 6.42 Å². The Balaban J connectivity index is 1.76. The lowest BCUT2D eigenvalue weighted by Gasteiger charge is -2.29. The maximum Gasteiger partial charge on any atom is 0.573 e. The number of alkyl halides is 3. The number of amides is 1. The van der Waals surface area contributed by atoms with E-state index in [4.69, 9.17) is 21.6 Å². The Labute approximate surface area is 174 Å². The molecular formula is C20H13ClF3N3O3. The van der Waals surface area contributed by atoms with Gasteiger partial charge >= 0.3 is 6.36 Å². The maximum atomic E-state index is 12.6. The molecule has 0 radical (unpaired) electrons. The van der Waals surface area contributed by atoms with Crippen molar-refractivity contribution in [2.75, 3.05) is 0 Å². The summed E-state index contributed by atoms with van der Waals surface area (Å²) in [5, 5.41) is 21.5. The van der Waals surface area contributed by atoms with Gasteiger partial charge in [0.15, 0.2) is 5.54 Å². The van der Waals surface area contributed by atoms with Crippen LogP contribution < -0.4 is 14.8 Å². The number of halogens is 4. The van der Waals surface area contributed by atoms with Gasteiger partial charge in [0, 0.05) is 17.5 Å². The highest BCUT2D eigenvalue weighted by Gasteiger charge is 2.43. The number of benzene rings is 2. The Morgan fingerprint density at radius 2 is 1.93 bits per heavy atom. The second-order valence-electron chi connectivity index (χ2n) is 6.71. The fourth-order valence-corrected chi connectivity index (χ4v) is 3.28. The molecule has 0 aromatic heterocycles. The summed E-state index contributed by atoms with van der Waals surface area (Å²) in [5.41, 5.74) is -0.473. The van der Waals surface area contributed by atoms with E-state index in [0.29, 0.717) is 16.9 Å². The third kappa shape index (κ3) is 4.42. The molecule has 10 heteroatoms. The number of hydrogen-bond acceptors (Lipinski definition) is 5. The predicted octanol–water partition coefficient (Wildman–Crippen LogP) is 4.13. The van der Waals surface area contributed by atoms with Gasteiger partial charge in [-0.3, -0.25) is 4.79 Å². The molecule has 1 aliphatic rings. The molecule has 1 N–H and O–H groups in total. The first kappa shape index (κ1) is 21.3. The first-order chi connectivity index (χ1) is 14.0. The highest BCUT2D eigenvalue weighted by molar-refractivity contribution is 6.32. The standard InChI is InChI=1S/C20H13ClF3N3O3/c1-19(10-26,16-8-13-6-11(9-25)7-15(21)17(13)29-16)27-18(28)12-2-4-14(5-3-12)30-20(22,23)24/h2-7,16H,8H2,1H3,(H,27,28)/t16-,19-/m0/s1. The van der Waals surface area contributed by atoms with Crippen LogP contribution in [0.2, 0.25) is 5.02 Å². The summed E-state index contributed by atoms with van der Waals surface area (Å²) in [6.45, 7) is 1.46. The molecule has 1 amide bonds. The van der Waals surface area contributed by atoms with Gasteiger partial charge in [-0.25, -0.2) is 0 Å². The Hall–Kier alpha value is -3.43. The number of nitrogens with zero attached hydrogens (tertiary/aromatic N) is 2.